The van der Waals surface area contributed by atoms with Crippen molar-refractivity contribution in [2.45, 2.75) is 25.9 Å². The molecule has 4 heteroatoms. The minimum absolute atomic E-state index is 0.183. The molecule has 0 saturated carbocycles. The van der Waals surface area contributed by atoms with Gasteiger partial charge in [0, 0.05) is 10.0 Å². The van der Waals surface area contributed by atoms with Crippen molar-refractivity contribution in [3.05, 3.63) is 33.0 Å². The molecule has 0 bridgehead atoms. The lowest BCUT2D eigenvalue weighted by atomic mass is 10.0. The third-order valence-electron chi connectivity index (χ3n) is 1.97. The summed E-state index contributed by atoms with van der Waals surface area (Å²) in [6.45, 7) is 1.92. The van der Waals surface area contributed by atoms with Gasteiger partial charge in [0.25, 0.3) is 0 Å². The van der Waals surface area contributed by atoms with Crippen LogP contribution in [0.4, 0.5) is 4.39 Å². The molecule has 1 unspecified atom stereocenters. The Bertz CT molecular complexity index is 330. The number of hydrogen-bond acceptors (Lipinski definition) is 1. The van der Waals surface area contributed by atoms with Gasteiger partial charge >= 0.3 is 0 Å². The quantitative estimate of drug-likeness (QED) is 0.828. The van der Waals surface area contributed by atoms with E-state index in [1.165, 1.54) is 12.1 Å². The van der Waals surface area contributed by atoms with E-state index in [0.29, 0.717) is 10.9 Å². The standard InChI is InChI=1S/C10H11BrClFO/c1-2-3-8(14)9-7(13)5-4-6(11)10(9)12/h4-5,8,14H,2-3H2,1H3. The van der Waals surface area contributed by atoms with E-state index in [2.05, 4.69) is 15.9 Å². The van der Waals surface area contributed by atoms with Crippen LogP contribution in [-0.4, -0.2) is 5.11 Å². The summed E-state index contributed by atoms with van der Waals surface area (Å²) in [6, 6.07) is 2.82. The van der Waals surface area contributed by atoms with Crippen LogP contribution >= 0.6 is 27.5 Å². The Hall–Kier alpha value is -0.120. The fourth-order valence-electron chi connectivity index (χ4n) is 1.27. The van der Waals surface area contributed by atoms with Crippen LogP contribution in [0.3, 0.4) is 0 Å². The minimum atomic E-state index is -0.829. The van der Waals surface area contributed by atoms with E-state index >= 15 is 0 Å². The molecule has 78 valence electrons. The van der Waals surface area contributed by atoms with Crippen molar-refractivity contribution in [2.75, 3.05) is 0 Å². The van der Waals surface area contributed by atoms with Crippen molar-refractivity contribution >= 4 is 27.5 Å². The van der Waals surface area contributed by atoms with Gasteiger partial charge in [0.1, 0.15) is 5.82 Å². The molecule has 0 aliphatic rings. The summed E-state index contributed by atoms with van der Waals surface area (Å²) in [5.74, 6) is -0.459. The van der Waals surface area contributed by atoms with Crippen LogP contribution < -0.4 is 0 Å². The topological polar surface area (TPSA) is 20.2 Å². The van der Waals surface area contributed by atoms with Gasteiger partial charge in [-0.3, -0.25) is 0 Å². The number of hydrogen-bond donors (Lipinski definition) is 1. The highest BCUT2D eigenvalue weighted by Crippen LogP contribution is 2.34. The van der Waals surface area contributed by atoms with Gasteiger partial charge in [0.2, 0.25) is 0 Å². The smallest absolute Gasteiger partial charge is 0.130 e. The summed E-state index contributed by atoms with van der Waals surface area (Å²) in [5.41, 5.74) is 0.183. The van der Waals surface area contributed by atoms with Gasteiger partial charge in [-0.05, 0) is 34.5 Å². The second-order valence-electron chi connectivity index (χ2n) is 3.06. The molecule has 0 spiro atoms. The van der Waals surface area contributed by atoms with Crippen molar-refractivity contribution in [1.29, 1.82) is 0 Å². The van der Waals surface area contributed by atoms with Crippen LogP contribution in [0.25, 0.3) is 0 Å². The molecule has 0 aromatic heterocycles. The molecule has 0 saturated heterocycles. The fourth-order valence-corrected chi connectivity index (χ4v) is 1.89. The lowest BCUT2D eigenvalue weighted by Crippen LogP contribution is -2.01. The molecule has 1 rings (SSSR count). The van der Waals surface area contributed by atoms with Crippen LogP contribution in [0.15, 0.2) is 16.6 Å². The van der Waals surface area contributed by atoms with Crippen molar-refractivity contribution in [2.24, 2.45) is 0 Å². The Morgan fingerprint density at radius 1 is 1.57 bits per heavy atom. The van der Waals surface area contributed by atoms with Gasteiger partial charge in [-0.15, -0.1) is 0 Å². The fraction of sp³-hybridized carbons (Fsp3) is 0.400. The zero-order valence-corrected chi connectivity index (χ0v) is 10.1. The molecule has 1 atom stereocenters. The Balaban J connectivity index is 3.11. The Morgan fingerprint density at radius 3 is 2.79 bits per heavy atom. The minimum Gasteiger partial charge on any atom is -0.388 e. The normalized spacial score (nSPS) is 12.9. The predicted molar refractivity (Wildman–Crippen MR) is 59.0 cm³/mol. The molecular weight excluding hydrogens is 270 g/mol. The van der Waals surface area contributed by atoms with Gasteiger partial charge in [0.05, 0.1) is 11.1 Å². The van der Waals surface area contributed by atoms with E-state index < -0.39 is 11.9 Å². The molecule has 0 aliphatic heterocycles. The van der Waals surface area contributed by atoms with Crippen molar-refractivity contribution in [1.82, 2.24) is 0 Å². The number of aliphatic hydroxyl groups is 1. The van der Waals surface area contributed by atoms with Gasteiger partial charge in [-0.2, -0.15) is 0 Å². The van der Waals surface area contributed by atoms with E-state index in [9.17, 15) is 9.50 Å². The SMILES string of the molecule is CCCC(O)c1c(F)ccc(Br)c1Cl. The van der Waals surface area contributed by atoms with Crippen molar-refractivity contribution < 1.29 is 9.50 Å². The maximum absolute atomic E-state index is 13.3. The first kappa shape index (κ1) is 12.0. The Labute approximate surface area is 96.0 Å². The zero-order valence-electron chi connectivity index (χ0n) is 7.73. The monoisotopic (exact) mass is 280 g/mol. The largest absolute Gasteiger partial charge is 0.388 e. The van der Waals surface area contributed by atoms with Crippen LogP contribution in [0.1, 0.15) is 31.4 Å². The average molecular weight is 282 g/mol. The molecule has 0 fully saturated rings. The van der Waals surface area contributed by atoms with Gasteiger partial charge in [0.15, 0.2) is 0 Å². The Morgan fingerprint density at radius 2 is 2.21 bits per heavy atom. The molecule has 14 heavy (non-hydrogen) atoms. The molecular formula is C10H11BrClFO. The van der Waals surface area contributed by atoms with E-state index in [0.717, 1.165) is 6.42 Å². The van der Waals surface area contributed by atoms with Gasteiger partial charge in [-0.1, -0.05) is 24.9 Å². The maximum Gasteiger partial charge on any atom is 0.130 e. The van der Waals surface area contributed by atoms with Crippen LogP contribution in [0.2, 0.25) is 5.02 Å². The highest BCUT2D eigenvalue weighted by Gasteiger charge is 2.17. The van der Waals surface area contributed by atoms with E-state index in [1.54, 1.807) is 0 Å². The third kappa shape index (κ3) is 2.47. The average Bonchev–Trinajstić information content (AvgIpc) is 2.13. The van der Waals surface area contributed by atoms with Gasteiger partial charge in [-0.25, -0.2) is 4.39 Å². The van der Waals surface area contributed by atoms with Crippen LogP contribution in [0, 0.1) is 5.82 Å². The Kier molecular flexibility index (Phi) is 4.35. The highest BCUT2D eigenvalue weighted by molar-refractivity contribution is 9.10. The van der Waals surface area contributed by atoms with E-state index in [-0.39, 0.29) is 10.6 Å². The molecule has 1 aromatic rings. The summed E-state index contributed by atoms with van der Waals surface area (Å²) in [7, 11) is 0. The number of halogens is 3. The first-order chi connectivity index (χ1) is 6.57. The van der Waals surface area contributed by atoms with E-state index in [1.807, 2.05) is 6.92 Å². The number of rotatable bonds is 3. The zero-order chi connectivity index (χ0) is 10.7. The lowest BCUT2D eigenvalue weighted by Gasteiger charge is -2.13. The van der Waals surface area contributed by atoms with Crippen molar-refractivity contribution in [3.63, 3.8) is 0 Å². The van der Waals surface area contributed by atoms with Crippen molar-refractivity contribution in [3.8, 4) is 0 Å². The summed E-state index contributed by atoms with van der Waals surface area (Å²) in [4.78, 5) is 0. The highest BCUT2D eigenvalue weighted by atomic mass is 79.9. The summed E-state index contributed by atoms with van der Waals surface area (Å²) in [5, 5.41) is 9.92. The molecule has 0 radical (unpaired) electrons. The second kappa shape index (κ2) is 5.10. The van der Waals surface area contributed by atoms with Gasteiger partial charge < -0.3 is 5.11 Å². The summed E-state index contributed by atoms with van der Waals surface area (Å²) in [6.07, 6.45) is 0.460. The summed E-state index contributed by atoms with van der Waals surface area (Å²) < 4.78 is 13.9. The third-order valence-corrected chi connectivity index (χ3v) is 3.27. The molecule has 1 N–H and O–H groups in total. The lowest BCUT2D eigenvalue weighted by molar-refractivity contribution is 0.162. The van der Waals surface area contributed by atoms with E-state index in [4.69, 9.17) is 11.6 Å². The van der Waals surface area contributed by atoms with Crippen LogP contribution in [0.5, 0.6) is 0 Å². The molecule has 1 aromatic carbocycles. The molecule has 1 nitrogen and oxygen atoms in total. The first-order valence-corrected chi connectivity index (χ1v) is 5.56. The molecule has 0 heterocycles. The summed E-state index contributed by atoms with van der Waals surface area (Å²) >= 11 is 9.07. The number of benzene rings is 1. The van der Waals surface area contributed by atoms with Crippen LogP contribution in [-0.2, 0) is 0 Å². The maximum atomic E-state index is 13.3. The first-order valence-electron chi connectivity index (χ1n) is 4.39. The number of aliphatic hydroxyl groups excluding tert-OH is 1. The second-order valence-corrected chi connectivity index (χ2v) is 4.29. The molecule has 0 aliphatic carbocycles. The predicted octanol–water partition coefficient (Wildman–Crippen LogP) is 4.08. The molecule has 0 amide bonds.